The molecule has 0 amide bonds. The number of ether oxygens (including phenoxy) is 4. The zero-order valence-corrected chi connectivity index (χ0v) is 22.9. The highest BCUT2D eigenvalue weighted by molar-refractivity contribution is 5.23. The largest absolute Gasteiger partial charge is 0.378 e. The first kappa shape index (κ1) is 28.8. The summed E-state index contributed by atoms with van der Waals surface area (Å²) < 4.78 is 25.5. The summed E-state index contributed by atoms with van der Waals surface area (Å²) in [5, 5.41) is 3.60. The number of rotatable bonds is 14. The van der Waals surface area contributed by atoms with Crippen molar-refractivity contribution in [3.05, 3.63) is 118 Å². The Kier molecular flexibility index (Phi) is 11.4. The minimum atomic E-state index is -0.182. The van der Waals surface area contributed by atoms with E-state index in [4.69, 9.17) is 24.5 Å². The molecule has 39 heavy (non-hydrogen) atoms. The van der Waals surface area contributed by atoms with Crippen molar-refractivity contribution in [3.8, 4) is 0 Å². The molecule has 2 unspecified atom stereocenters. The van der Waals surface area contributed by atoms with E-state index >= 15 is 0 Å². The van der Waals surface area contributed by atoms with E-state index in [-0.39, 0.29) is 30.3 Å². The predicted octanol–water partition coefficient (Wildman–Crippen LogP) is 6.69. The Morgan fingerprint density at radius 3 is 1.90 bits per heavy atom. The lowest BCUT2D eigenvalue weighted by Gasteiger charge is -2.44. The Bertz CT molecular complexity index is 1150. The molecule has 7 heteroatoms. The topological polar surface area (TPSA) is 85.7 Å². The van der Waals surface area contributed by atoms with Gasteiger partial charge < -0.3 is 18.9 Å². The SMILES string of the molecule is C[C@@H]1C(OCc2ccccc2)[C@@H](C)OC(COCCc2ccc(CCN=[N+]=[N-])cc2)[C@@H]1OCc1ccccc1. The summed E-state index contributed by atoms with van der Waals surface area (Å²) in [6.07, 6.45) is 1.06. The number of azide groups is 1. The smallest absolute Gasteiger partial charge is 0.108 e. The van der Waals surface area contributed by atoms with E-state index < -0.39 is 0 Å². The molecular weight excluding hydrogens is 490 g/mol. The van der Waals surface area contributed by atoms with Gasteiger partial charge in [-0.25, -0.2) is 0 Å². The Hall–Kier alpha value is -3.19. The van der Waals surface area contributed by atoms with Crippen LogP contribution in [0.2, 0.25) is 0 Å². The van der Waals surface area contributed by atoms with Gasteiger partial charge in [0.25, 0.3) is 0 Å². The predicted molar refractivity (Wildman–Crippen MR) is 152 cm³/mol. The summed E-state index contributed by atoms with van der Waals surface area (Å²) in [7, 11) is 0. The van der Waals surface area contributed by atoms with Gasteiger partial charge in [0.15, 0.2) is 0 Å². The van der Waals surface area contributed by atoms with Crippen molar-refractivity contribution < 1.29 is 18.9 Å². The molecular formula is C32H39N3O4. The number of hydrogen-bond donors (Lipinski definition) is 0. The summed E-state index contributed by atoms with van der Waals surface area (Å²) >= 11 is 0. The molecule has 1 aliphatic heterocycles. The molecule has 0 aliphatic carbocycles. The monoisotopic (exact) mass is 529 g/mol. The second-order valence-electron chi connectivity index (χ2n) is 10.1. The second kappa shape index (κ2) is 15.4. The normalized spacial score (nSPS) is 22.8. The van der Waals surface area contributed by atoms with E-state index in [2.05, 4.69) is 72.4 Å². The highest BCUT2D eigenvalue weighted by Crippen LogP contribution is 2.32. The fourth-order valence-electron chi connectivity index (χ4n) is 5.08. The van der Waals surface area contributed by atoms with Crippen LogP contribution in [0, 0.1) is 5.92 Å². The first-order chi connectivity index (χ1) is 19.1. The molecule has 0 aromatic heterocycles. The molecule has 1 fully saturated rings. The first-order valence-electron chi connectivity index (χ1n) is 13.8. The maximum Gasteiger partial charge on any atom is 0.108 e. The van der Waals surface area contributed by atoms with Gasteiger partial charge in [-0.1, -0.05) is 97.0 Å². The quantitative estimate of drug-likeness (QED) is 0.101. The molecule has 206 valence electrons. The second-order valence-corrected chi connectivity index (χ2v) is 10.1. The minimum absolute atomic E-state index is 0.0770. The van der Waals surface area contributed by atoms with Crippen molar-refractivity contribution in [1.82, 2.24) is 0 Å². The lowest BCUT2D eigenvalue weighted by molar-refractivity contribution is -0.234. The van der Waals surface area contributed by atoms with Gasteiger partial charge in [0.1, 0.15) is 6.10 Å². The van der Waals surface area contributed by atoms with Crippen molar-refractivity contribution in [2.45, 2.75) is 64.3 Å². The molecule has 1 aliphatic rings. The number of benzene rings is 3. The van der Waals surface area contributed by atoms with E-state index in [0.717, 1.165) is 29.5 Å². The van der Waals surface area contributed by atoms with Crippen LogP contribution in [0.15, 0.2) is 90.0 Å². The van der Waals surface area contributed by atoms with Crippen LogP contribution in [0.25, 0.3) is 10.4 Å². The minimum Gasteiger partial charge on any atom is -0.378 e. The molecule has 0 bridgehead atoms. The fourth-order valence-corrected chi connectivity index (χ4v) is 5.08. The van der Waals surface area contributed by atoms with Crippen molar-refractivity contribution in [1.29, 1.82) is 0 Å². The standard InChI is InChI=1S/C32H39N3O4/c1-24-31(37-21-28-9-5-3-6-10-28)25(2)39-30(32(24)38-22-29-11-7-4-8-12-29)23-36-20-18-27-15-13-26(14-16-27)17-19-34-35-33/h3-16,24-25,30-32H,17-23H2,1-2H3/t24-,25-,30?,31?,32-/m1/s1. The van der Waals surface area contributed by atoms with Crippen molar-refractivity contribution in [2.75, 3.05) is 19.8 Å². The molecule has 1 heterocycles. The Balaban J connectivity index is 1.32. The maximum absolute atomic E-state index is 8.43. The Morgan fingerprint density at radius 1 is 0.744 bits per heavy atom. The van der Waals surface area contributed by atoms with Gasteiger partial charge in [0.05, 0.1) is 44.7 Å². The Morgan fingerprint density at radius 2 is 1.31 bits per heavy atom. The van der Waals surface area contributed by atoms with Gasteiger partial charge in [0.2, 0.25) is 0 Å². The van der Waals surface area contributed by atoms with Gasteiger partial charge >= 0.3 is 0 Å². The summed E-state index contributed by atoms with van der Waals surface area (Å²) in [6, 6.07) is 28.8. The van der Waals surface area contributed by atoms with Crippen LogP contribution in [-0.2, 0) is 45.0 Å². The van der Waals surface area contributed by atoms with Crippen molar-refractivity contribution in [2.24, 2.45) is 11.0 Å². The lowest BCUT2D eigenvalue weighted by Crippen LogP contribution is -2.55. The summed E-state index contributed by atoms with van der Waals surface area (Å²) in [5.74, 6) is 0.132. The molecule has 0 spiro atoms. The molecule has 4 rings (SSSR count). The zero-order chi connectivity index (χ0) is 27.3. The highest BCUT2D eigenvalue weighted by atomic mass is 16.6. The van der Waals surface area contributed by atoms with Gasteiger partial charge in [-0.2, -0.15) is 0 Å². The molecule has 7 nitrogen and oxygen atoms in total. The molecule has 0 radical (unpaired) electrons. The third kappa shape index (κ3) is 8.92. The zero-order valence-electron chi connectivity index (χ0n) is 22.9. The van der Waals surface area contributed by atoms with Crippen LogP contribution in [0.5, 0.6) is 0 Å². The van der Waals surface area contributed by atoms with Crippen molar-refractivity contribution in [3.63, 3.8) is 0 Å². The van der Waals surface area contributed by atoms with E-state index in [0.29, 0.717) is 33.0 Å². The molecule has 5 atom stereocenters. The van der Waals surface area contributed by atoms with Crippen LogP contribution >= 0.6 is 0 Å². The first-order valence-corrected chi connectivity index (χ1v) is 13.8. The highest BCUT2D eigenvalue weighted by Gasteiger charge is 2.43. The van der Waals surface area contributed by atoms with Gasteiger partial charge in [0, 0.05) is 17.4 Å². The van der Waals surface area contributed by atoms with Crippen molar-refractivity contribution >= 4 is 0 Å². The number of hydrogen-bond acceptors (Lipinski definition) is 5. The van der Waals surface area contributed by atoms with E-state index in [9.17, 15) is 0 Å². The van der Waals surface area contributed by atoms with Gasteiger partial charge in [-0.15, -0.1) is 0 Å². The average Bonchev–Trinajstić information content (AvgIpc) is 2.97. The summed E-state index contributed by atoms with van der Waals surface area (Å²) in [4.78, 5) is 2.81. The fraction of sp³-hybridized carbons (Fsp3) is 0.438. The number of nitrogens with zero attached hydrogens (tertiary/aromatic N) is 3. The molecule has 0 N–H and O–H groups in total. The van der Waals surface area contributed by atoms with Gasteiger partial charge in [-0.3, -0.25) is 0 Å². The maximum atomic E-state index is 8.43. The summed E-state index contributed by atoms with van der Waals surface area (Å²) in [6.45, 7) is 6.87. The molecule has 3 aromatic carbocycles. The van der Waals surface area contributed by atoms with E-state index in [1.165, 1.54) is 5.56 Å². The van der Waals surface area contributed by atoms with Gasteiger partial charge in [-0.05, 0) is 47.6 Å². The third-order valence-electron chi connectivity index (χ3n) is 7.23. The average molecular weight is 530 g/mol. The molecule has 3 aromatic rings. The molecule has 1 saturated heterocycles. The van der Waals surface area contributed by atoms with Crippen LogP contribution in [0.1, 0.15) is 36.1 Å². The van der Waals surface area contributed by atoms with Crippen LogP contribution in [0.3, 0.4) is 0 Å². The van der Waals surface area contributed by atoms with Crippen LogP contribution in [-0.4, -0.2) is 44.2 Å². The van der Waals surface area contributed by atoms with Crippen LogP contribution in [0.4, 0.5) is 0 Å². The van der Waals surface area contributed by atoms with E-state index in [1.807, 2.05) is 36.4 Å². The molecule has 0 saturated carbocycles. The lowest BCUT2D eigenvalue weighted by atomic mass is 9.87. The Labute approximate surface area is 231 Å². The third-order valence-corrected chi connectivity index (χ3v) is 7.23. The summed E-state index contributed by atoms with van der Waals surface area (Å²) in [5.41, 5.74) is 13.1. The van der Waals surface area contributed by atoms with Crippen LogP contribution < -0.4 is 0 Å². The van der Waals surface area contributed by atoms with E-state index in [1.54, 1.807) is 0 Å².